The molecule has 0 saturated heterocycles. The molecule has 0 radical (unpaired) electrons. The topological polar surface area (TPSA) is 81.1 Å². The van der Waals surface area contributed by atoms with Crippen LogP contribution in [0.3, 0.4) is 0 Å². The fourth-order valence-electron chi connectivity index (χ4n) is 1.72. The number of rotatable bonds is 2. The van der Waals surface area contributed by atoms with Gasteiger partial charge in [-0.1, -0.05) is 12.1 Å². The molecule has 0 aliphatic carbocycles. The second-order valence-corrected chi connectivity index (χ2v) is 5.03. The molecular weight excluding hydrogens is 306 g/mol. The van der Waals surface area contributed by atoms with E-state index in [0.717, 1.165) is 10.0 Å². The maximum atomic E-state index is 12.2. The second kappa shape index (κ2) is 5.32. The quantitative estimate of drug-likeness (QED) is 0.743. The number of halogens is 1. The maximum absolute atomic E-state index is 12.2. The summed E-state index contributed by atoms with van der Waals surface area (Å²) < 4.78 is 0.859. The first-order valence-electron chi connectivity index (χ1n) is 5.70. The van der Waals surface area contributed by atoms with Crippen molar-refractivity contribution < 1.29 is 4.79 Å². The summed E-state index contributed by atoms with van der Waals surface area (Å²) in [5, 5.41) is 2.82. The number of benzene rings is 2. The Hall–Kier alpha value is -2.01. The molecule has 0 fully saturated rings. The third-order valence-electron chi connectivity index (χ3n) is 2.76. The molecule has 0 unspecified atom stereocenters. The highest BCUT2D eigenvalue weighted by molar-refractivity contribution is 9.10. The van der Waals surface area contributed by atoms with Crippen LogP contribution in [0.15, 0.2) is 40.9 Å². The summed E-state index contributed by atoms with van der Waals surface area (Å²) in [6.07, 6.45) is 0. The molecule has 5 N–H and O–H groups in total. The minimum absolute atomic E-state index is 0.260. The van der Waals surface area contributed by atoms with Crippen LogP contribution in [-0.4, -0.2) is 5.91 Å². The Kier molecular flexibility index (Phi) is 3.76. The van der Waals surface area contributed by atoms with Crippen LogP contribution in [0.2, 0.25) is 0 Å². The van der Waals surface area contributed by atoms with Gasteiger partial charge < -0.3 is 16.8 Å². The number of aryl methyl sites for hydroxylation is 1. The number of nitrogens with one attached hydrogen (secondary N) is 1. The van der Waals surface area contributed by atoms with Gasteiger partial charge in [-0.15, -0.1) is 0 Å². The molecule has 2 rings (SSSR count). The Morgan fingerprint density at radius 3 is 2.63 bits per heavy atom. The van der Waals surface area contributed by atoms with Crippen molar-refractivity contribution in [2.75, 3.05) is 16.8 Å². The zero-order chi connectivity index (χ0) is 14.0. The average Bonchev–Trinajstić information content (AvgIpc) is 2.34. The Bertz CT molecular complexity index is 641. The van der Waals surface area contributed by atoms with Gasteiger partial charge in [-0.05, 0) is 52.7 Å². The molecule has 0 bridgehead atoms. The van der Waals surface area contributed by atoms with Gasteiger partial charge in [-0.25, -0.2) is 0 Å². The summed E-state index contributed by atoms with van der Waals surface area (Å²) in [5.74, 6) is -0.260. The molecule has 0 saturated carbocycles. The monoisotopic (exact) mass is 319 g/mol. The lowest BCUT2D eigenvalue weighted by molar-refractivity contribution is 0.102. The molecule has 5 heteroatoms. The fourth-order valence-corrected chi connectivity index (χ4v) is 2.09. The molecule has 0 aromatic heterocycles. The van der Waals surface area contributed by atoms with Crippen molar-refractivity contribution >= 4 is 38.9 Å². The summed E-state index contributed by atoms with van der Waals surface area (Å²) in [7, 11) is 0. The Morgan fingerprint density at radius 1 is 1.21 bits per heavy atom. The summed E-state index contributed by atoms with van der Waals surface area (Å²) in [5.41, 5.74) is 14.5. The van der Waals surface area contributed by atoms with Gasteiger partial charge in [0.1, 0.15) is 0 Å². The highest BCUT2D eigenvalue weighted by Crippen LogP contribution is 2.27. The molecule has 0 heterocycles. The molecule has 1 amide bonds. The molecule has 0 aliphatic heterocycles. The Morgan fingerprint density at radius 2 is 1.95 bits per heavy atom. The SMILES string of the molecule is Cc1cccc(NC(=O)c2ccc(N)cc2N)c1Br. The van der Waals surface area contributed by atoms with Gasteiger partial charge in [0, 0.05) is 15.8 Å². The number of hydrogen-bond donors (Lipinski definition) is 3. The lowest BCUT2D eigenvalue weighted by atomic mass is 10.1. The minimum atomic E-state index is -0.260. The van der Waals surface area contributed by atoms with E-state index >= 15 is 0 Å². The fraction of sp³-hybridized carbons (Fsp3) is 0.0714. The molecule has 2 aromatic rings. The van der Waals surface area contributed by atoms with Crippen LogP contribution >= 0.6 is 15.9 Å². The van der Waals surface area contributed by atoms with Crippen molar-refractivity contribution in [3.8, 4) is 0 Å². The smallest absolute Gasteiger partial charge is 0.257 e. The van der Waals surface area contributed by atoms with Gasteiger partial charge in [-0.3, -0.25) is 4.79 Å². The lowest BCUT2D eigenvalue weighted by Gasteiger charge is -2.10. The van der Waals surface area contributed by atoms with Crippen molar-refractivity contribution in [2.24, 2.45) is 0 Å². The van der Waals surface area contributed by atoms with Crippen LogP contribution in [0.4, 0.5) is 17.1 Å². The van der Waals surface area contributed by atoms with Gasteiger partial charge in [0.25, 0.3) is 5.91 Å². The third kappa shape index (κ3) is 2.88. The van der Waals surface area contributed by atoms with Crippen LogP contribution in [0.1, 0.15) is 15.9 Å². The van der Waals surface area contributed by atoms with Gasteiger partial charge in [0.2, 0.25) is 0 Å². The van der Waals surface area contributed by atoms with Crippen LogP contribution in [0.25, 0.3) is 0 Å². The molecule has 0 atom stereocenters. The number of hydrogen-bond acceptors (Lipinski definition) is 3. The molecule has 98 valence electrons. The van der Waals surface area contributed by atoms with E-state index in [0.29, 0.717) is 22.6 Å². The van der Waals surface area contributed by atoms with E-state index < -0.39 is 0 Å². The average molecular weight is 320 g/mol. The standard InChI is InChI=1S/C14H14BrN3O/c1-8-3-2-4-12(13(8)15)18-14(19)10-6-5-9(16)7-11(10)17/h2-7H,16-17H2,1H3,(H,18,19). The number of amides is 1. The largest absolute Gasteiger partial charge is 0.399 e. The molecule has 4 nitrogen and oxygen atoms in total. The highest BCUT2D eigenvalue weighted by Gasteiger charge is 2.12. The van der Waals surface area contributed by atoms with Crippen molar-refractivity contribution in [3.63, 3.8) is 0 Å². The predicted octanol–water partition coefficient (Wildman–Crippen LogP) is 3.17. The number of nitrogen functional groups attached to an aromatic ring is 2. The molecular formula is C14H14BrN3O. The maximum Gasteiger partial charge on any atom is 0.257 e. The molecule has 2 aromatic carbocycles. The molecule has 0 aliphatic rings. The zero-order valence-electron chi connectivity index (χ0n) is 10.4. The van der Waals surface area contributed by atoms with E-state index in [1.165, 1.54) is 0 Å². The Balaban J connectivity index is 2.28. The van der Waals surface area contributed by atoms with Gasteiger partial charge >= 0.3 is 0 Å². The van der Waals surface area contributed by atoms with Crippen LogP contribution < -0.4 is 16.8 Å². The third-order valence-corrected chi connectivity index (χ3v) is 3.81. The van der Waals surface area contributed by atoms with Crippen molar-refractivity contribution in [1.82, 2.24) is 0 Å². The predicted molar refractivity (Wildman–Crippen MR) is 82.1 cm³/mol. The van der Waals surface area contributed by atoms with E-state index in [2.05, 4.69) is 21.2 Å². The Labute approximate surface area is 119 Å². The summed E-state index contributed by atoms with van der Waals surface area (Å²) in [6.45, 7) is 1.96. The summed E-state index contributed by atoms with van der Waals surface area (Å²) >= 11 is 3.45. The van der Waals surface area contributed by atoms with E-state index in [4.69, 9.17) is 11.5 Å². The summed E-state index contributed by atoms with van der Waals surface area (Å²) in [4.78, 5) is 12.2. The number of carbonyl (C=O) groups is 1. The summed E-state index contributed by atoms with van der Waals surface area (Å²) in [6, 6.07) is 10.5. The van der Waals surface area contributed by atoms with E-state index in [1.54, 1.807) is 18.2 Å². The van der Waals surface area contributed by atoms with Gasteiger partial charge in [0.05, 0.1) is 11.3 Å². The van der Waals surface area contributed by atoms with Crippen LogP contribution in [-0.2, 0) is 0 Å². The van der Waals surface area contributed by atoms with Crippen LogP contribution in [0.5, 0.6) is 0 Å². The zero-order valence-corrected chi connectivity index (χ0v) is 12.0. The lowest BCUT2D eigenvalue weighted by Crippen LogP contribution is -2.14. The highest BCUT2D eigenvalue weighted by atomic mass is 79.9. The number of nitrogens with two attached hydrogens (primary N) is 2. The number of carbonyl (C=O) groups excluding carboxylic acids is 1. The van der Waals surface area contributed by atoms with Crippen molar-refractivity contribution in [2.45, 2.75) is 6.92 Å². The minimum Gasteiger partial charge on any atom is -0.399 e. The van der Waals surface area contributed by atoms with Crippen molar-refractivity contribution in [3.05, 3.63) is 52.0 Å². The normalized spacial score (nSPS) is 10.2. The first-order chi connectivity index (χ1) is 8.99. The molecule has 19 heavy (non-hydrogen) atoms. The van der Waals surface area contributed by atoms with E-state index in [9.17, 15) is 4.79 Å². The van der Waals surface area contributed by atoms with Crippen molar-refractivity contribution in [1.29, 1.82) is 0 Å². The second-order valence-electron chi connectivity index (χ2n) is 4.24. The first-order valence-corrected chi connectivity index (χ1v) is 6.50. The van der Waals surface area contributed by atoms with E-state index in [-0.39, 0.29) is 5.91 Å². The van der Waals surface area contributed by atoms with E-state index in [1.807, 2.05) is 25.1 Å². The van der Waals surface area contributed by atoms with Crippen LogP contribution in [0, 0.1) is 6.92 Å². The van der Waals surface area contributed by atoms with Gasteiger partial charge in [0.15, 0.2) is 0 Å². The first kappa shape index (κ1) is 13.4. The number of anilines is 3. The molecule has 0 spiro atoms. The van der Waals surface area contributed by atoms with Gasteiger partial charge in [-0.2, -0.15) is 0 Å².